The topological polar surface area (TPSA) is 84.6 Å². The van der Waals surface area contributed by atoms with Crippen LogP contribution in [0.1, 0.15) is 54.6 Å². The summed E-state index contributed by atoms with van der Waals surface area (Å²) in [4.78, 5) is 26.7. The maximum atomic E-state index is 13.3. The van der Waals surface area contributed by atoms with E-state index in [1.165, 1.54) is 25.9 Å². The zero-order chi connectivity index (χ0) is 25.9. The van der Waals surface area contributed by atoms with E-state index in [-0.39, 0.29) is 17.6 Å². The molecule has 2 N–H and O–H groups in total. The van der Waals surface area contributed by atoms with Crippen molar-refractivity contribution in [2.24, 2.45) is 0 Å². The minimum absolute atomic E-state index is 0.0450. The molecule has 5 rings (SSSR count). The molecule has 1 amide bonds. The largest absolute Gasteiger partial charge is 0.467 e. The summed E-state index contributed by atoms with van der Waals surface area (Å²) >= 11 is 12.7. The Morgan fingerprint density at radius 2 is 1.73 bits per heavy atom. The van der Waals surface area contributed by atoms with Gasteiger partial charge in [-0.15, -0.1) is 0 Å². The lowest BCUT2D eigenvalue weighted by Gasteiger charge is -2.36. The van der Waals surface area contributed by atoms with Gasteiger partial charge in [0.05, 0.1) is 11.9 Å². The third-order valence-electron chi connectivity index (χ3n) is 7.28. The quantitative estimate of drug-likeness (QED) is 0.421. The van der Waals surface area contributed by atoms with Crippen LogP contribution in [0.2, 0.25) is 10.0 Å². The highest BCUT2D eigenvalue weighted by atomic mass is 35.5. The Labute approximate surface area is 227 Å². The van der Waals surface area contributed by atoms with E-state index in [1.54, 1.807) is 24.4 Å². The van der Waals surface area contributed by atoms with Crippen molar-refractivity contribution in [3.05, 3.63) is 69.8 Å². The van der Waals surface area contributed by atoms with E-state index >= 15 is 0 Å². The first-order valence-corrected chi connectivity index (χ1v) is 13.5. The highest BCUT2D eigenvalue weighted by Gasteiger charge is 2.29. The molecular formula is C28H31Cl2N5O2. The average Bonchev–Trinajstić information content (AvgIpc) is 3.45. The molecule has 9 heteroatoms. The number of nitrogens with zero attached hydrogens (tertiary/aromatic N) is 4. The summed E-state index contributed by atoms with van der Waals surface area (Å²) in [5, 5.41) is 0.997. The van der Waals surface area contributed by atoms with E-state index in [4.69, 9.17) is 33.7 Å². The van der Waals surface area contributed by atoms with Crippen LogP contribution in [-0.4, -0.2) is 57.9 Å². The molecule has 0 saturated carbocycles. The maximum absolute atomic E-state index is 13.3. The Bertz CT molecular complexity index is 1250. The molecule has 1 unspecified atom stereocenters. The number of aromatic nitrogens is 2. The van der Waals surface area contributed by atoms with Crippen LogP contribution in [0.15, 0.2) is 48.7 Å². The van der Waals surface area contributed by atoms with Crippen LogP contribution in [0.5, 0.6) is 5.88 Å². The number of hydrogen-bond acceptors (Lipinski definition) is 6. The average molecular weight is 540 g/mol. The van der Waals surface area contributed by atoms with Gasteiger partial charge in [-0.1, -0.05) is 41.4 Å². The van der Waals surface area contributed by atoms with Crippen LogP contribution in [0.3, 0.4) is 0 Å². The predicted octanol–water partition coefficient (Wildman–Crippen LogP) is 5.87. The van der Waals surface area contributed by atoms with Gasteiger partial charge in [0, 0.05) is 45.9 Å². The summed E-state index contributed by atoms with van der Waals surface area (Å²) in [6, 6.07) is 13.4. The second kappa shape index (κ2) is 11.3. The Morgan fingerprint density at radius 1 is 1.05 bits per heavy atom. The van der Waals surface area contributed by atoms with Gasteiger partial charge in [-0.25, -0.2) is 9.97 Å². The van der Waals surface area contributed by atoms with Gasteiger partial charge in [-0.3, -0.25) is 4.79 Å². The minimum atomic E-state index is -0.496. The highest BCUT2D eigenvalue weighted by Crippen LogP contribution is 2.34. The minimum Gasteiger partial charge on any atom is -0.467 e. The Morgan fingerprint density at radius 3 is 2.43 bits per heavy atom. The second-order valence-corrected chi connectivity index (χ2v) is 10.5. The molecule has 3 heterocycles. The summed E-state index contributed by atoms with van der Waals surface area (Å²) < 4.78 is 6.03. The van der Waals surface area contributed by atoms with Crippen molar-refractivity contribution in [1.29, 1.82) is 0 Å². The predicted molar refractivity (Wildman–Crippen MR) is 147 cm³/mol. The number of carbonyl (C=O) groups is 1. The third kappa shape index (κ3) is 5.69. The lowest BCUT2D eigenvalue weighted by Crippen LogP contribution is -2.45. The molecule has 1 atom stereocenters. The lowest BCUT2D eigenvalue weighted by atomic mass is 10.0. The van der Waals surface area contributed by atoms with Crippen molar-refractivity contribution in [3.63, 3.8) is 0 Å². The summed E-state index contributed by atoms with van der Waals surface area (Å²) in [5.41, 5.74) is 8.68. The third-order valence-corrected chi connectivity index (χ3v) is 7.93. The van der Waals surface area contributed by atoms with Crippen molar-refractivity contribution in [1.82, 2.24) is 19.8 Å². The number of anilines is 1. The normalized spacial score (nSPS) is 17.6. The fourth-order valence-electron chi connectivity index (χ4n) is 5.27. The Hall–Kier alpha value is -2.87. The van der Waals surface area contributed by atoms with E-state index in [2.05, 4.69) is 14.9 Å². The fraction of sp³-hybridized carbons (Fsp3) is 0.393. The van der Waals surface area contributed by atoms with Crippen LogP contribution < -0.4 is 10.5 Å². The first kappa shape index (κ1) is 25.8. The molecule has 2 fully saturated rings. The number of piperidine rings is 1. The molecule has 2 aliphatic heterocycles. The van der Waals surface area contributed by atoms with Gasteiger partial charge < -0.3 is 20.3 Å². The molecule has 37 heavy (non-hydrogen) atoms. The van der Waals surface area contributed by atoms with Crippen LogP contribution in [0.4, 0.5) is 5.82 Å². The summed E-state index contributed by atoms with van der Waals surface area (Å²) in [6.45, 7) is 5.78. The molecule has 2 aromatic carbocycles. The maximum Gasteiger partial charge on any atom is 0.258 e. The monoisotopic (exact) mass is 539 g/mol. The number of ether oxygens (including phenoxy) is 1. The zero-order valence-corrected chi connectivity index (χ0v) is 22.4. The fourth-order valence-corrected chi connectivity index (χ4v) is 5.97. The number of amides is 1. The Balaban J connectivity index is 1.30. The molecule has 0 radical (unpaired) electrons. The molecular weight excluding hydrogens is 509 g/mol. The van der Waals surface area contributed by atoms with Crippen molar-refractivity contribution in [3.8, 4) is 17.1 Å². The second-order valence-electron chi connectivity index (χ2n) is 9.69. The zero-order valence-electron chi connectivity index (χ0n) is 20.9. The van der Waals surface area contributed by atoms with Crippen LogP contribution in [-0.2, 0) is 0 Å². The molecule has 0 spiro atoms. The number of carbonyl (C=O) groups excluding carboxylic acids is 1. The van der Waals surface area contributed by atoms with Gasteiger partial charge in [-0.05, 0) is 70.0 Å². The SMILES string of the molecule is CC(Oc1nc(-c2cccc(C(=O)N3CCC(N4CCCC4)CC3)c2)cnc1N)c1c(Cl)cccc1Cl. The van der Waals surface area contributed by atoms with Crippen molar-refractivity contribution >= 4 is 34.9 Å². The number of nitrogens with two attached hydrogens (primary N) is 1. The number of likely N-dealkylation sites (tertiary alicyclic amines) is 2. The number of hydrogen-bond donors (Lipinski definition) is 1. The highest BCUT2D eigenvalue weighted by molar-refractivity contribution is 6.36. The number of halogens is 2. The van der Waals surface area contributed by atoms with Gasteiger partial charge >= 0.3 is 0 Å². The van der Waals surface area contributed by atoms with Crippen LogP contribution >= 0.6 is 23.2 Å². The molecule has 3 aromatic rings. The number of nitrogen functional groups attached to an aromatic ring is 1. The molecule has 194 valence electrons. The van der Waals surface area contributed by atoms with Crippen LogP contribution in [0, 0.1) is 0 Å². The number of benzene rings is 2. The molecule has 0 aliphatic carbocycles. The first-order chi connectivity index (χ1) is 17.9. The first-order valence-electron chi connectivity index (χ1n) is 12.8. The summed E-state index contributed by atoms with van der Waals surface area (Å²) in [7, 11) is 0. The van der Waals surface area contributed by atoms with Crippen molar-refractivity contribution in [2.45, 2.75) is 44.8 Å². The van der Waals surface area contributed by atoms with Crippen molar-refractivity contribution in [2.75, 3.05) is 31.9 Å². The van der Waals surface area contributed by atoms with E-state index in [0.717, 1.165) is 31.5 Å². The summed E-state index contributed by atoms with van der Waals surface area (Å²) in [5.74, 6) is 0.386. The smallest absolute Gasteiger partial charge is 0.258 e. The molecule has 7 nitrogen and oxygen atoms in total. The van der Waals surface area contributed by atoms with Gasteiger partial charge in [0.2, 0.25) is 0 Å². The lowest BCUT2D eigenvalue weighted by molar-refractivity contribution is 0.0644. The van der Waals surface area contributed by atoms with E-state index < -0.39 is 6.10 Å². The van der Waals surface area contributed by atoms with Gasteiger partial charge in [0.15, 0.2) is 5.82 Å². The van der Waals surface area contributed by atoms with Crippen LogP contribution in [0.25, 0.3) is 11.3 Å². The van der Waals surface area contributed by atoms with E-state index in [0.29, 0.717) is 32.9 Å². The van der Waals surface area contributed by atoms with Crippen molar-refractivity contribution < 1.29 is 9.53 Å². The van der Waals surface area contributed by atoms with E-state index in [1.807, 2.05) is 36.1 Å². The van der Waals surface area contributed by atoms with E-state index in [9.17, 15) is 4.79 Å². The van der Waals surface area contributed by atoms with Gasteiger partial charge in [0.1, 0.15) is 6.10 Å². The Kier molecular flexibility index (Phi) is 7.84. The number of rotatable bonds is 6. The molecule has 0 bridgehead atoms. The van der Waals surface area contributed by atoms with Gasteiger partial charge in [0.25, 0.3) is 11.8 Å². The molecule has 2 aliphatic rings. The molecule has 2 saturated heterocycles. The standard InChI is InChI=1S/C28H31Cl2N5O2/c1-18(25-22(29)8-5-9-23(25)30)37-27-26(31)32-17-24(33-27)19-6-4-7-20(16-19)28(36)35-14-10-21(11-15-35)34-12-2-3-13-34/h4-9,16-18,21H,2-3,10-15H2,1H3,(H2,31,32). The van der Waals surface area contributed by atoms with Gasteiger partial charge in [-0.2, -0.15) is 0 Å². The summed E-state index contributed by atoms with van der Waals surface area (Å²) in [6.07, 6.45) is 5.73. The molecule has 1 aromatic heterocycles.